The number of carbonyl (C=O) groups is 1. The van der Waals surface area contributed by atoms with Crippen molar-refractivity contribution in [2.75, 3.05) is 20.7 Å². The molecule has 0 spiro atoms. The molecule has 1 atom stereocenters. The molecule has 19 heavy (non-hydrogen) atoms. The van der Waals surface area contributed by atoms with E-state index >= 15 is 0 Å². The summed E-state index contributed by atoms with van der Waals surface area (Å²) in [5.41, 5.74) is 0. The van der Waals surface area contributed by atoms with E-state index in [1.807, 2.05) is 6.92 Å². The van der Waals surface area contributed by atoms with Crippen molar-refractivity contribution in [3.05, 3.63) is 17.6 Å². The number of hydrogen-bond donors (Lipinski definition) is 2. The molecule has 0 amide bonds. The smallest absolute Gasteiger partial charge is 0.373 e. The van der Waals surface area contributed by atoms with E-state index in [2.05, 4.69) is 14.8 Å². The molecule has 0 saturated heterocycles. The van der Waals surface area contributed by atoms with Crippen molar-refractivity contribution >= 4 is 16.0 Å². The molecule has 2 N–H and O–H groups in total. The zero-order valence-electron chi connectivity index (χ0n) is 11.3. The molecule has 1 heterocycles. The molecule has 0 fully saturated rings. The third kappa shape index (κ3) is 3.79. The summed E-state index contributed by atoms with van der Waals surface area (Å²) in [5, 5.41) is 2.91. The molecule has 0 bridgehead atoms. The van der Waals surface area contributed by atoms with Gasteiger partial charge in [-0.1, -0.05) is 0 Å². The van der Waals surface area contributed by atoms with Gasteiger partial charge in [-0.25, -0.2) is 17.9 Å². The Hall–Kier alpha value is -1.38. The Balaban J connectivity index is 2.95. The van der Waals surface area contributed by atoms with Gasteiger partial charge in [-0.15, -0.1) is 0 Å². The zero-order chi connectivity index (χ0) is 14.6. The molecule has 7 nitrogen and oxygen atoms in total. The average molecular weight is 290 g/mol. The van der Waals surface area contributed by atoms with Gasteiger partial charge >= 0.3 is 5.97 Å². The van der Waals surface area contributed by atoms with Crippen LogP contribution in [0, 0.1) is 6.92 Å². The van der Waals surface area contributed by atoms with E-state index in [-0.39, 0.29) is 29.0 Å². The Morgan fingerprint density at radius 3 is 2.68 bits per heavy atom. The van der Waals surface area contributed by atoms with Crippen molar-refractivity contribution in [2.24, 2.45) is 0 Å². The van der Waals surface area contributed by atoms with Gasteiger partial charge in [-0.05, 0) is 20.9 Å². The summed E-state index contributed by atoms with van der Waals surface area (Å²) in [6.07, 6.45) is 0. The van der Waals surface area contributed by atoms with Crippen molar-refractivity contribution in [2.45, 2.75) is 24.8 Å². The number of rotatable bonds is 6. The largest absolute Gasteiger partial charge is 0.463 e. The third-order valence-electron chi connectivity index (χ3n) is 2.62. The van der Waals surface area contributed by atoms with Crippen LogP contribution in [0.25, 0.3) is 0 Å². The SMILES string of the molecule is CNC(C)CNS(=O)(=O)c1cc(C(=O)OC)oc1C. The van der Waals surface area contributed by atoms with Gasteiger partial charge in [0.25, 0.3) is 0 Å². The highest BCUT2D eigenvalue weighted by molar-refractivity contribution is 7.89. The van der Waals surface area contributed by atoms with Gasteiger partial charge in [-0.3, -0.25) is 0 Å². The number of furan rings is 1. The second-order valence-electron chi connectivity index (χ2n) is 4.06. The van der Waals surface area contributed by atoms with Crippen LogP contribution in [0.4, 0.5) is 0 Å². The fraction of sp³-hybridized carbons (Fsp3) is 0.545. The lowest BCUT2D eigenvalue weighted by Crippen LogP contribution is -2.37. The second-order valence-corrected chi connectivity index (χ2v) is 5.80. The summed E-state index contributed by atoms with van der Waals surface area (Å²) in [4.78, 5) is 11.2. The fourth-order valence-corrected chi connectivity index (χ4v) is 2.66. The van der Waals surface area contributed by atoms with E-state index < -0.39 is 16.0 Å². The van der Waals surface area contributed by atoms with Crippen molar-refractivity contribution in [1.29, 1.82) is 0 Å². The van der Waals surface area contributed by atoms with Crippen LogP contribution in [0.3, 0.4) is 0 Å². The number of nitrogens with one attached hydrogen (secondary N) is 2. The molecule has 1 rings (SSSR count). The number of likely N-dealkylation sites (N-methyl/N-ethyl adjacent to an activating group) is 1. The number of esters is 1. The Labute approximate surface area is 112 Å². The number of ether oxygens (including phenoxy) is 1. The highest BCUT2D eigenvalue weighted by atomic mass is 32.2. The average Bonchev–Trinajstić information content (AvgIpc) is 2.78. The Morgan fingerprint density at radius 2 is 2.16 bits per heavy atom. The zero-order valence-corrected chi connectivity index (χ0v) is 12.1. The van der Waals surface area contributed by atoms with Crippen molar-refractivity contribution < 1.29 is 22.4 Å². The minimum absolute atomic E-state index is 0.0120. The summed E-state index contributed by atoms with van der Waals surface area (Å²) in [7, 11) is -0.779. The van der Waals surface area contributed by atoms with Crippen molar-refractivity contribution in [1.82, 2.24) is 10.0 Å². The van der Waals surface area contributed by atoms with Crippen LogP contribution in [0.5, 0.6) is 0 Å². The van der Waals surface area contributed by atoms with Crippen LogP contribution in [-0.4, -0.2) is 41.1 Å². The van der Waals surface area contributed by atoms with Gasteiger partial charge in [-0.2, -0.15) is 0 Å². The molecule has 0 aromatic carbocycles. The number of aryl methyl sites for hydroxylation is 1. The maximum atomic E-state index is 12.0. The molecule has 0 saturated carbocycles. The van der Waals surface area contributed by atoms with Gasteiger partial charge in [0.1, 0.15) is 10.7 Å². The summed E-state index contributed by atoms with van der Waals surface area (Å²) < 4.78 is 36.1. The maximum Gasteiger partial charge on any atom is 0.373 e. The van der Waals surface area contributed by atoms with E-state index in [9.17, 15) is 13.2 Å². The maximum absolute atomic E-state index is 12.0. The lowest BCUT2D eigenvalue weighted by molar-refractivity contribution is 0.0563. The molecule has 1 unspecified atom stereocenters. The summed E-state index contributed by atoms with van der Waals surface area (Å²) in [6, 6.07) is 1.15. The van der Waals surface area contributed by atoms with Crippen molar-refractivity contribution in [3.8, 4) is 0 Å². The summed E-state index contributed by atoms with van der Waals surface area (Å²) >= 11 is 0. The normalized spacial score (nSPS) is 13.3. The molecule has 108 valence electrons. The Kier molecular flexibility index (Phi) is 5.10. The molecule has 0 radical (unpaired) electrons. The molecular weight excluding hydrogens is 272 g/mol. The summed E-state index contributed by atoms with van der Waals surface area (Å²) in [5.74, 6) is -0.708. The van der Waals surface area contributed by atoms with E-state index in [0.29, 0.717) is 0 Å². The lowest BCUT2D eigenvalue weighted by Gasteiger charge is -2.11. The first-order chi connectivity index (χ1) is 8.81. The standard InChI is InChI=1S/C11H18N2O5S/c1-7(12-3)6-13-19(15,16)10-5-9(11(14)17-4)18-8(10)2/h5,7,12-13H,6H2,1-4H3. The topological polar surface area (TPSA) is 97.6 Å². The van der Waals surface area contributed by atoms with Crippen LogP contribution in [0.1, 0.15) is 23.2 Å². The molecule has 8 heteroatoms. The second kappa shape index (κ2) is 6.18. The quantitative estimate of drug-likeness (QED) is 0.729. The minimum atomic E-state index is -3.71. The number of hydrogen-bond acceptors (Lipinski definition) is 6. The van der Waals surface area contributed by atoms with Crippen LogP contribution in [0.15, 0.2) is 15.4 Å². The van der Waals surface area contributed by atoms with Crippen LogP contribution < -0.4 is 10.0 Å². The predicted octanol–water partition coefficient (Wildman–Crippen LogP) is 0.261. The minimum Gasteiger partial charge on any atom is -0.463 e. The van der Waals surface area contributed by atoms with Crippen LogP contribution in [0.2, 0.25) is 0 Å². The fourth-order valence-electron chi connectivity index (χ4n) is 1.35. The first-order valence-electron chi connectivity index (χ1n) is 5.67. The molecule has 1 aromatic heterocycles. The highest BCUT2D eigenvalue weighted by Gasteiger charge is 2.24. The first-order valence-corrected chi connectivity index (χ1v) is 7.15. The number of carbonyl (C=O) groups excluding carboxylic acids is 1. The molecule has 0 aliphatic rings. The van der Waals surface area contributed by atoms with Crippen LogP contribution in [-0.2, 0) is 14.8 Å². The van der Waals surface area contributed by atoms with Gasteiger partial charge in [0.2, 0.25) is 15.8 Å². The van der Waals surface area contributed by atoms with Gasteiger partial charge in [0.15, 0.2) is 0 Å². The van der Waals surface area contributed by atoms with Crippen molar-refractivity contribution in [3.63, 3.8) is 0 Å². The van der Waals surface area contributed by atoms with Gasteiger partial charge < -0.3 is 14.5 Å². The van der Waals surface area contributed by atoms with Gasteiger partial charge in [0, 0.05) is 18.7 Å². The number of sulfonamides is 1. The van der Waals surface area contributed by atoms with Gasteiger partial charge in [0.05, 0.1) is 7.11 Å². The Morgan fingerprint density at radius 1 is 1.53 bits per heavy atom. The predicted molar refractivity (Wildman–Crippen MR) is 68.5 cm³/mol. The van der Waals surface area contributed by atoms with Crippen LogP contribution >= 0.6 is 0 Å². The lowest BCUT2D eigenvalue weighted by atomic mass is 10.4. The third-order valence-corrected chi connectivity index (χ3v) is 4.15. The Bertz CT molecular complexity index is 549. The molecule has 0 aliphatic carbocycles. The van der Waals surface area contributed by atoms with E-state index in [0.717, 1.165) is 6.07 Å². The molecular formula is C11H18N2O5S. The molecule has 0 aliphatic heterocycles. The number of methoxy groups -OCH3 is 1. The van der Waals surface area contributed by atoms with E-state index in [1.165, 1.54) is 14.0 Å². The molecule has 1 aromatic rings. The highest BCUT2D eigenvalue weighted by Crippen LogP contribution is 2.20. The monoisotopic (exact) mass is 290 g/mol. The van der Waals surface area contributed by atoms with E-state index in [1.54, 1.807) is 7.05 Å². The summed E-state index contributed by atoms with van der Waals surface area (Å²) in [6.45, 7) is 3.55. The first kappa shape index (κ1) is 15.7. The van der Waals surface area contributed by atoms with E-state index in [4.69, 9.17) is 4.42 Å².